The number of unbranched alkanes of at least 4 members (excludes halogenated alkanes) is 1. The summed E-state index contributed by atoms with van der Waals surface area (Å²) in [5, 5.41) is 11.3. The molecule has 1 saturated heterocycles. The van der Waals surface area contributed by atoms with Crippen LogP contribution in [0.4, 0.5) is 5.82 Å². The van der Waals surface area contributed by atoms with Crippen molar-refractivity contribution in [1.82, 2.24) is 24.5 Å². The van der Waals surface area contributed by atoms with Crippen LogP contribution in [-0.2, 0) is 4.74 Å². The number of fused-ring (bicyclic) bond motifs is 1. The minimum absolute atomic E-state index is 0.344. The zero-order valence-electron chi connectivity index (χ0n) is 13.3. The summed E-state index contributed by atoms with van der Waals surface area (Å²) in [5.74, 6) is 0.800. The molecule has 2 atom stereocenters. The van der Waals surface area contributed by atoms with Crippen LogP contribution in [0.3, 0.4) is 0 Å². The molecule has 0 spiro atoms. The predicted molar refractivity (Wildman–Crippen MR) is 85.0 cm³/mol. The van der Waals surface area contributed by atoms with Crippen molar-refractivity contribution in [2.45, 2.75) is 38.9 Å². The number of aromatic nitrogens is 4. The highest BCUT2D eigenvalue weighted by atomic mass is 16.5. The molecular weight excluding hydrogens is 280 g/mol. The fourth-order valence-corrected chi connectivity index (χ4v) is 3.02. The first kappa shape index (κ1) is 15.2. The Morgan fingerprint density at radius 3 is 2.91 bits per heavy atom. The van der Waals surface area contributed by atoms with Crippen LogP contribution >= 0.6 is 0 Å². The van der Waals surface area contributed by atoms with Crippen LogP contribution in [0, 0.1) is 0 Å². The Morgan fingerprint density at radius 1 is 1.27 bits per heavy atom. The molecule has 0 amide bonds. The third kappa shape index (κ3) is 3.72. The van der Waals surface area contributed by atoms with E-state index in [2.05, 4.69) is 39.2 Å². The molecule has 0 aromatic carbocycles. The molecule has 1 aliphatic rings. The third-order valence-electron chi connectivity index (χ3n) is 3.90. The molecule has 120 valence electrons. The normalized spacial score (nSPS) is 23.0. The third-order valence-corrected chi connectivity index (χ3v) is 3.90. The maximum absolute atomic E-state index is 5.76. The van der Waals surface area contributed by atoms with Crippen molar-refractivity contribution in [2.24, 2.45) is 0 Å². The lowest BCUT2D eigenvalue weighted by Crippen LogP contribution is -2.45. The van der Waals surface area contributed by atoms with Crippen LogP contribution in [0.1, 0.15) is 26.7 Å². The number of hydrogen-bond acceptors (Lipinski definition) is 6. The van der Waals surface area contributed by atoms with E-state index in [1.54, 1.807) is 12.5 Å². The second-order valence-electron chi connectivity index (χ2n) is 5.99. The number of nitrogens with zero attached hydrogens (tertiary/aromatic N) is 5. The summed E-state index contributed by atoms with van der Waals surface area (Å²) in [6.07, 6.45) is 8.26. The Kier molecular flexibility index (Phi) is 4.84. The van der Waals surface area contributed by atoms with E-state index in [0.29, 0.717) is 12.2 Å². The minimum Gasteiger partial charge on any atom is -0.373 e. The first-order valence-corrected chi connectivity index (χ1v) is 7.98. The van der Waals surface area contributed by atoms with Crippen molar-refractivity contribution in [3.05, 3.63) is 18.7 Å². The van der Waals surface area contributed by atoms with Gasteiger partial charge in [-0.05, 0) is 33.2 Å². The number of morpholine rings is 1. The molecule has 0 unspecified atom stereocenters. The molecule has 7 nitrogen and oxygen atoms in total. The molecule has 0 aliphatic carbocycles. The average molecular weight is 304 g/mol. The molecule has 1 fully saturated rings. The van der Waals surface area contributed by atoms with Gasteiger partial charge in [0.05, 0.1) is 12.2 Å². The molecule has 7 heteroatoms. The van der Waals surface area contributed by atoms with Gasteiger partial charge in [-0.2, -0.15) is 0 Å². The van der Waals surface area contributed by atoms with Gasteiger partial charge in [0.15, 0.2) is 5.82 Å². The van der Waals surface area contributed by atoms with Gasteiger partial charge in [0.1, 0.15) is 6.33 Å². The highest BCUT2D eigenvalue weighted by Crippen LogP contribution is 2.12. The van der Waals surface area contributed by atoms with Gasteiger partial charge in [0.2, 0.25) is 5.65 Å². The summed E-state index contributed by atoms with van der Waals surface area (Å²) in [4.78, 5) is 6.82. The fourth-order valence-electron chi connectivity index (χ4n) is 3.02. The molecule has 0 saturated carbocycles. The Bertz CT molecular complexity index is 590. The monoisotopic (exact) mass is 304 g/mol. The van der Waals surface area contributed by atoms with E-state index < -0.39 is 0 Å². The van der Waals surface area contributed by atoms with Crippen LogP contribution in [0.2, 0.25) is 0 Å². The van der Waals surface area contributed by atoms with Crippen molar-refractivity contribution < 1.29 is 4.74 Å². The van der Waals surface area contributed by atoms with E-state index in [4.69, 9.17) is 4.74 Å². The van der Waals surface area contributed by atoms with Crippen molar-refractivity contribution in [1.29, 1.82) is 0 Å². The van der Waals surface area contributed by atoms with Gasteiger partial charge in [0, 0.05) is 32.0 Å². The van der Waals surface area contributed by atoms with E-state index in [1.807, 2.05) is 10.6 Å². The summed E-state index contributed by atoms with van der Waals surface area (Å²) in [6.45, 7) is 8.40. The zero-order valence-corrected chi connectivity index (χ0v) is 13.3. The Hall–Kier alpha value is -1.73. The smallest absolute Gasteiger partial charge is 0.203 e. The standard InChI is InChI=1S/C15H24N6O/c1-12-9-20(10-13(2)22-12)7-4-3-5-16-14-15-19-18-11-21(15)8-6-17-14/h6,8,11-13H,3-5,7,9-10H2,1-2H3,(H,16,17)/t12-,13-/m1/s1. The summed E-state index contributed by atoms with van der Waals surface area (Å²) in [6, 6.07) is 0. The SMILES string of the molecule is C[C@@H]1CN(CCCCNc2nccn3cnnc23)C[C@@H](C)O1. The van der Waals surface area contributed by atoms with E-state index in [1.165, 1.54) is 6.42 Å². The van der Waals surface area contributed by atoms with Crippen molar-refractivity contribution >= 4 is 11.5 Å². The van der Waals surface area contributed by atoms with Gasteiger partial charge in [-0.25, -0.2) is 4.98 Å². The van der Waals surface area contributed by atoms with Gasteiger partial charge >= 0.3 is 0 Å². The second-order valence-corrected chi connectivity index (χ2v) is 5.99. The lowest BCUT2D eigenvalue weighted by atomic mass is 10.2. The van der Waals surface area contributed by atoms with Gasteiger partial charge < -0.3 is 10.1 Å². The van der Waals surface area contributed by atoms with E-state index >= 15 is 0 Å². The topological polar surface area (TPSA) is 67.6 Å². The quantitative estimate of drug-likeness (QED) is 0.814. The second kappa shape index (κ2) is 7.02. The van der Waals surface area contributed by atoms with Crippen LogP contribution in [0.15, 0.2) is 18.7 Å². The Labute approximate surface area is 130 Å². The number of nitrogens with one attached hydrogen (secondary N) is 1. The molecule has 1 aliphatic heterocycles. The van der Waals surface area contributed by atoms with Crippen LogP contribution in [0.5, 0.6) is 0 Å². The summed E-state index contributed by atoms with van der Waals surface area (Å²) >= 11 is 0. The maximum Gasteiger partial charge on any atom is 0.203 e. The molecular formula is C15H24N6O. The molecule has 0 bridgehead atoms. The maximum atomic E-state index is 5.76. The number of hydrogen-bond donors (Lipinski definition) is 1. The molecule has 2 aromatic heterocycles. The van der Waals surface area contributed by atoms with E-state index in [0.717, 1.165) is 44.1 Å². The van der Waals surface area contributed by atoms with Gasteiger partial charge in [-0.1, -0.05) is 0 Å². The minimum atomic E-state index is 0.344. The van der Waals surface area contributed by atoms with Crippen molar-refractivity contribution in [3.8, 4) is 0 Å². The summed E-state index contributed by atoms with van der Waals surface area (Å²) in [7, 11) is 0. The predicted octanol–water partition coefficient (Wildman–Crippen LogP) is 1.43. The van der Waals surface area contributed by atoms with Gasteiger partial charge in [-0.15, -0.1) is 10.2 Å². The molecule has 0 radical (unpaired) electrons. The first-order valence-electron chi connectivity index (χ1n) is 7.98. The van der Waals surface area contributed by atoms with Crippen molar-refractivity contribution in [3.63, 3.8) is 0 Å². The average Bonchev–Trinajstić information content (AvgIpc) is 2.95. The van der Waals surface area contributed by atoms with E-state index in [9.17, 15) is 0 Å². The summed E-state index contributed by atoms with van der Waals surface area (Å²) < 4.78 is 7.62. The first-order chi connectivity index (χ1) is 10.7. The lowest BCUT2D eigenvalue weighted by Gasteiger charge is -2.35. The Balaban J connectivity index is 1.40. The largest absolute Gasteiger partial charge is 0.373 e. The Morgan fingerprint density at radius 2 is 2.09 bits per heavy atom. The highest BCUT2D eigenvalue weighted by molar-refractivity contribution is 5.61. The van der Waals surface area contributed by atoms with Gasteiger partial charge in [-0.3, -0.25) is 9.30 Å². The van der Waals surface area contributed by atoms with E-state index in [-0.39, 0.29) is 0 Å². The number of rotatable bonds is 6. The number of ether oxygens (including phenoxy) is 1. The molecule has 1 N–H and O–H groups in total. The molecule has 22 heavy (non-hydrogen) atoms. The van der Waals surface area contributed by atoms with Crippen LogP contribution < -0.4 is 5.32 Å². The highest BCUT2D eigenvalue weighted by Gasteiger charge is 2.21. The number of anilines is 1. The zero-order chi connectivity index (χ0) is 15.4. The van der Waals surface area contributed by atoms with Crippen LogP contribution in [0.25, 0.3) is 5.65 Å². The fraction of sp³-hybridized carbons (Fsp3) is 0.667. The van der Waals surface area contributed by atoms with Crippen molar-refractivity contribution in [2.75, 3.05) is 31.5 Å². The molecule has 3 heterocycles. The summed E-state index contributed by atoms with van der Waals surface area (Å²) in [5.41, 5.74) is 0.776. The lowest BCUT2D eigenvalue weighted by molar-refractivity contribution is -0.0681. The molecule has 2 aromatic rings. The van der Waals surface area contributed by atoms with Gasteiger partial charge in [0.25, 0.3) is 0 Å². The van der Waals surface area contributed by atoms with Crippen LogP contribution in [-0.4, -0.2) is 62.9 Å². The molecule has 3 rings (SSSR count).